The van der Waals surface area contributed by atoms with Crippen LogP contribution in [0, 0.1) is 12.7 Å². The van der Waals surface area contributed by atoms with Crippen molar-refractivity contribution in [2.75, 3.05) is 0 Å². The molecule has 10 nitrogen and oxygen atoms in total. The van der Waals surface area contributed by atoms with Crippen LogP contribution in [0.25, 0.3) is 5.78 Å². The number of fused-ring (bicyclic) bond motifs is 2. The van der Waals surface area contributed by atoms with Crippen molar-refractivity contribution in [3.63, 3.8) is 0 Å². The second-order valence-corrected chi connectivity index (χ2v) is 9.42. The Bertz CT molecular complexity index is 1700. The summed E-state index contributed by atoms with van der Waals surface area (Å²) in [5.41, 5.74) is 3.33. The van der Waals surface area contributed by atoms with Gasteiger partial charge in [0, 0.05) is 18.2 Å². The van der Waals surface area contributed by atoms with Crippen LogP contribution < -0.4 is 15.4 Å². The fraction of sp³-hybridized carbons (Fsp3) is 0.259. The molecule has 1 aliphatic rings. The Morgan fingerprint density at radius 1 is 1.12 bits per heavy atom. The fourth-order valence-corrected chi connectivity index (χ4v) is 4.87. The molecule has 0 unspecified atom stereocenters. The lowest BCUT2D eigenvalue weighted by Gasteiger charge is -2.16. The lowest BCUT2D eigenvalue weighted by atomic mass is 9.96. The van der Waals surface area contributed by atoms with Crippen LogP contribution in [0.3, 0.4) is 0 Å². The van der Waals surface area contributed by atoms with Crippen molar-refractivity contribution in [3.8, 4) is 5.75 Å². The molecule has 5 rings (SSSR count). The van der Waals surface area contributed by atoms with Crippen LogP contribution in [0.5, 0.6) is 5.75 Å². The highest BCUT2D eigenvalue weighted by Gasteiger charge is 2.32. The molecule has 0 spiro atoms. The number of rotatable bonds is 7. The van der Waals surface area contributed by atoms with E-state index < -0.39 is 29.7 Å². The number of nitrogens with zero attached hydrogens (tertiary/aromatic N) is 4. The topological polar surface area (TPSA) is 128 Å². The molecule has 0 aliphatic heterocycles. The number of alkyl halides is 3. The van der Waals surface area contributed by atoms with E-state index in [1.807, 2.05) is 13.0 Å². The molecule has 1 aliphatic carbocycles. The smallest absolute Gasteiger partial charge is 0.403 e. The third-order valence-corrected chi connectivity index (χ3v) is 6.77. The van der Waals surface area contributed by atoms with Crippen molar-refractivity contribution in [2.24, 2.45) is 0 Å². The summed E-state index contributed by atoms with van der Waals surface area (Å²) in [5.74, 6) is -3.62. The van der Waals surface area contributed by atoms with Crippen molar-refractivity contribution in [1.82, 2.24) is 30.2 Å². The molecule has 212 valence electrons. The zero-order chi connectivity index (χ0) is 29.5. The molecule has 1 atom stereocenters. The van der Waals surface area contributed by atoms with E-state index in [2.05, 4.69) is 30.4 Å². The molecule has 0 saturated carbocycles. The van der Waals surface area contributed by atoms with Gasteiger partial charge in [-0.25, -0.2) is 9.37 Å². The number of benzene rings is 2. The number of ketones is 1. The van der Waals surface area contributed by atoms with Crippen LogP contribution in [0.1, 0.15) is 73.0 Å². The first-order chi connectivity index (χ1) is 19.4. The molecule has 2 heterocycles. The molecule has 4 aromatic rings. The molecular formula is C27H22F4N6O4. The second kappa shape index (κ2) is 10.6. The zero-order valence-corrected chi connectivity index (χ0v) is 21.7. The van der Waals surface area contributed by atoms with Gasteiger partial charge in [0.25, 0.3) is 17.6 Å². The minimum Gasteiger partial charge on any atom is -0.403 e. The zero-order valence-electron chi connectivity index (χ0n) is 21.7. The molecular weight excluding hydrogens is 548 g/mol. The Kier molecular flexibility index (Phi) is 7.15. The molecule has 2 amide bonds. The van der Waals surface area contributed by atoms with Crippen molar-refractivity contribution < 1.29 is 36.7 Å². The maximum Gasteiger partial charge on any atom is 0.573 e. The van der Waals surface area contributed by atoms with Gasteiger partial charge in [-0.2, -0.15) is 14.6 Å². The van der Waals surface area contributed by atoms with Crippen molar-refractivity contribution in [1.29, 1.82) is 0 Å². The summed E-state index contributed by atoms with van der Waals surface area (Å²) in [6.07, 6.45) is -2.64. The highest BCUT2D eigenvalue weighted by molar-refractivity contribution is 5.98. The van der Waals surface area contributed by atoms with E-state index in [-0.39, 0.29) is 41.1 Å². The minimum absolute atomic E-state index is 0.0224. The van der Waals surface area contributed by atoms with Crippen LogP contribution in [0.2, 0.25) is 0 Å². The molecule has 2 N–H and O–H groups in total. The van der Waals surface area contributed by atoms with Gasteiger partial charge in [0.1, 0.15) is 17.7 Å². The van der Waals surface area contributed by atoms with E-state index in [9.17, 15) is 31.9 Å². The van der Waals surface area contributed by atoms with Gasteiger partial charge in [0.2, 0.25) is 0 Å². The molecule has 0 saturated heterocycles. The fourth-order valence-electron chi connectivity index (χ4n) is 4.87. The molecule has 0 fully saturated rings. The molecule has 0 bridgehead atoms. The first-order valence-electron chi connectivity index (χ1n) is 12.4. The summed E-state index contributed by atoms with van der Waals surface area (Å²) in [6.45, 7) is 3.10. The highest BCUT2D eigenvalue weighted by Crippen LogP contribution is 2.35. The van der Waals surface area contributed by atoms with E-state index >= 15 is 0 Å². The molecule has 2 aromatic heterocycles. The number of halogens is 4. The lowest BCUT2D eigenvalue weighted by molar-refractivity contribution is -0.275. The van der Waals surface area contributed by atoms with Crippen LogP contribution in [0.4, 0.5) is 17.6 Å². The SMILES string of the molecule is CC(=O)c1ccc2c(c1C)CC[C@@H]2NC(=O)c1cc(C(=O)NCc2ccc(F)c(OC(F)(F)F)c2)nc2ncnn12. The van der Waals surface area contributed by atoms with Crippen LogP contribution in [0.15, 0.2) is 42.7 Å². The van der Waals surface area contributed by atoms with E-state index in [0.29, 0.717) is 18.4 Å². The molecule has 14 heteroatoms. The Hall–Kier alpha value is -4.88. The number of hydrogen-bond acceptors (Lipinski definition) is 7. The number of hydrogen-bond donors (Lipinski definition) is 2. The predicted molar refractivity (Wildman–Crippen MR) is 135 cm³/mol. The van der Waals surface area contributed by atoms with Gasteiger partial charge >= 0.3 is 6.36 Å². The van der Waals surface area contributed by atoms with Crippen molar-refractivity contribution >= 4 is 23.4 Å². The first kappa shape index (κ1) is 27.7. The van der Waals surface area contributed by atoms with E-state index in [1.54, 1.807) is 6.07 Å². The summed E-state index contributed by atoms with van der Waals surface area (Å²) >= 11 is 0. The van der Waals surface area contributed by atoms with E-state index in [0.717, 1.165) is 28.8 Å². The second-order valence-electron chi connectivity index (χ2n) is 9.42. The van der Waals surface area contributed by atoms with Crippen molar-refractivity contribution in [3.05, 3.63) is 87.7 Å². The predicted octanol–water partition coefficient (Wildman–Crippen LogP) is 4.02. The number of nitrogens with one attached hydrogen (secondary N) is 2. The van der Waals surface area contributed by atoms with Crippen LogP contribution >= 0.6 is 0 Å². The monoisotopic (exact) mass is 570 g/mol. The third-order valence-electron chi connectivity index (χ3n) is 6.77. The largest absolute Gasteiger partial charge is 0.573 e. The van der Waals surface area contributed by atoms with Crippen LogP contribution in [-0.4, -0.2) is 43.5 Å². The number of aromatic nitrogens is 4. The Morgan fingerprint density at radius 2 is 1.90 bits per heavy atom. The van der Waals surface area contributed by atoms with Crippen molar-refractivity contribution in [2.45, 2.75) is 45.6 Å². The highest BCUT2D eigenvalue weighted by atomic mass is 19.4. The molecule has 0 radical (unpaired) electrons. The summed E-state index contributed by atoms with van der Waals surface area (Å²) in [7, 11) is 0. The van der Waals surface area contributed by atoms with E-state index in [4.69, 9.17) is 0 Å². The maximum absolute atomic E-state index is 13.7. The molecule has 2 aromatic carbocycles. The number of carbonyl (C=O) groups excluding carboxylic acids is 3. The Labute approximate surface area is 229 Å². The van der Waals surface area contributed by atoms with Gasteiger partial charge in [-0.15, -0.1) is 13.2 Å². The molecule has 41 heavy (non-hydrogen) atoms. The number of ether oxygens (including phenoxy) is 1. The summed E-state index contributed by atoms with van der Waals surface area (Å²) in [4.78, 5) is 46.3. The van der Waals surface area contributed by atoms with Gasteiger partial charge in [0.15, 0.2) is 17.3 Å². The van der Waals surface area contributed by atoms with Crippen LogP contribution in [-0.2, 0) is 13.0 Å². The standard InChI is InChI=1S/C27H22F4N6O4/c1-13-16(14(2)38)4-5-18-17(13)6-8-20(18)35-25(40)22-10-21(36-26-33-12-34-37(22)26)24(39)32-11-15-3-7-19(28)23(9-15)41-27(29,30)31/h3-5,7,9-10,12,20H,6,8,11H2,1-2H3,(H,32,39)(H,35,40)/t20-/m0/s1. The number of amides is 2. The number of carbonyl (C=O) groups is 3. The quantitative estimate of drug-likeness (QED) is 0.254. The maximum atomic E-state index is 13.7. The number of Topliss-reactive ketones (excluding diaryl/α,β-unsaturated/α-hetero) is 1. The third kappa shape index (κ3) is 5.71. The van der Waals surface area contributed by atoms with Gasteiger partial charge in [0.05, 0.1) is 6.04 Å². The Morgan fingerprint density at radius 3 is 2.63 bits per heavy atom. The first-order valence-corrected chi connectivity index (χ1v) is 12.4. The Balaban J connectivity index is 1.35. The minimum atomic E-state index is -5.09. The van der Waals surface area contributed by atoms with Gasteiger partial charge in [-0.05, 0) is 61.1 Å². The van der Waals surface area contributed by atoms with Gasteiger partial charge in [-0.1, -0.05) is 18.2 Å². The summed E-state index contributed by atoms with van der Waals surface area (Å²) in [5, 5.41) is 9.44. The summed E-state index contributed by atoms with van der Waals surface area (Å²) in [6, 6.07) is 7.24. The lowest BCUT2D eigenvalue weighted by Crippen LogP contribution is -2.30. The average Bonchev–Trinajstić information content (AvgIpc) is 3.55. The van der Waals surface area contributed by atoms with E-state index in [1.165, 1.54) is 29.9 Å². The van der Waals surface area contributed by atoms with Gasteiger partial charge < -0.3 is 15.4 Å². The normalized spacial score (nSPS) is 14.5. The summed E-state index contributed by atoms with van der Waals surface area (Å²) < 4.78 is 56.1. The van der Waals surface area contributed by atoms with Gasteiger partial charge in [-0.3, -0.25) is 14.4 Å². The average molecular weight is 571 g/mol.